The first-order valence-electron chi connectivity index (χ1n) is 10.2. The zero-order valence-corrected chi connectivity index (χ0v) is 20.6. The maximum absolute atomic E-state index is 11.8. The van der Waals surface area contributed by atoms with Crippen LogP contribution in [0.15, 0.2) is 52.1 Å². The van der Waals surface area contributed by atoms with E-state index in [1.54, 1.807) is 20.4 Å². The molecule has 0 aliphatic heterocycles. The summed E-state index contributed by atoms with van der Waals surface area (Å²) in [5, 5.41) is 9.40. The van der Waals surface area contributed by atoms with Gasteiger partial charge in [-0.2, -0.15) is 0 Å². The van der Waals surface area contributed by atoms with Crippen molar-refractivity contribution < 1.29 is 9.21 Å². The molecule has 1 amide bonds. The van der Waals surface area contributed by atoms with E-state index in [1.807, 2.05) is 36.4 Å². The van der Waals surface area contributed by atoms with Gasteiger partial charge < -0.3 is 20.4 Å². The van der Waals surface area contributed by atoms with Crippen molar-refractivity contribution >= 4 is 35.8 Å². The third kappa shape index (κ3) is 7.64. The summed E-state index contributed by atoms with van der Waals surface area (Å²) < 4.78 is 5.65. The fourth-order valence-electron chi connectivity index (χ4n) is 3.31. The summed E-state index contributed by atoms with van der Waals surface area (Å²) >= 11 is 0. The SMILES string of the molecule is CCN(CC)C(CNC(=NC)NCCc1cccc(C(=O)NC)c1)c1ccco1.I. The number of carbonyl (C=O) groups is 1. The van der Waals surface area contributed by atoms with Gasteiger partial charge in [0.15, 0.2) is 5.96 Å². The van der Waals surface area contributed by atoms with Crippen LogP contribution in [0.2, 0.25) is 0 Å². The highest BCUT2D eigenvalue weighted by molar-refractivity contribution is 14.0. The van der Waals surface area contributed by atoms with Crippen LogP contribution in [-0.2, 0) is 6.42 Å². The Labute approximate surface area is 196 Å². The zero-order valence-electron chi connectivity index (χ0n) is 18.3. The number of nitrogens with zero attached hydrogens (tertiary/aromatic N) is 2. The van der Waals surface area contributed by atoms with Crippen LogP contribution < -0.4 is 16.0 Å². The van der Waals surface area contributed by atoms with Crippen LogP contribution in [0.1, 0.15) is 41.6 Å². The van der Waals surface area contributed by atoms with Gasteiger partial charge in [-0.25, -0.2) is 0 Å². The van der Waals surface area contributed by atoms with Crippen molar-refractivity contribution in [1.29, 1.82) is 0 Å². The van der Waals surface area contributed by atoms with Crippen molar-refractivity contribution in [2.24, 2.45) is 4.99 Å². The predicted molar refractivity (Wildman–Crippen MR) is 133 cm³/mol. The van der Waals surface area contributed by atoms with E-state index >= 15 is 0 Å². The van der Waals surface area contributed by atoms with Crippen LogP contribution in [0.25, 0.3) is 0 Å². The number of benzene rings is 1. The average molecular weight is 527 g/mol. The smallest absolute Gasteiger partial charge is 0.251 e. The van der Waals surface area contributed by atoms with Gasteiger partial charge in [0.2, 0.25) is 0 Å². The predicted octanol–water partition coefficient (Wildman–Crippen LogP) is 3.05. The summed E-state index contributed by atoms with van der Waals surface area (Å²) in [7, 11) is 3.40. The molecule has 2 rings (SSSR count). The number of halogens is 1. The molecular weight excluding hydrogens is 493 g/mol. The van der Waals surface area contributed by atoms with Gasteiger partial charge in [-0.05, 0) is 49.3 Å². The van der Waals surface area contributed by atoms with E-state index in [-0.39, 0.29) is 35.9 Å². The number of nitrogens with one attached hydrogen (secondary N) is 3. The van der Waals surface area contributed by atoms with Gasteiger partial charge in [0.1, 0.15) is 5.76 Å². The van der Waals surface area contributed by atoms with Crippen molar-refractivity contribution in [2.45, 2.75) is 26.3 Å². The topological polar surface area (TPSA) is 81.9 Å². The maximum Gasteiger partial charge on any atom is 0.251 e. The second kappa shape index (κ2) is 14.0. The van der Waals surface area contributed by atoms with Gasteiger partial charge in [-0.15, -0.1) is 24.0 Å². The first-order valence-corrected chi connectivity index (χ1v) is 10.2. The summed E-state index contributed by atoms with van der Waals surface area (Å²) in [6.45, 7) is 7.60. The zero-order chi connectivity index (χ0) is 21.1. The molecule has 0 saturated heterocycles. The Hall–Kier alpha value is -2.07. The lowest BCUT2D eigenvalue weighted by Gasteiger charge is -2.28. The largest absolute Gasteiger partial charge is 0.468 e. The molecule has 0 fully saturated rings. The number of rotatable bonds is 10. The molecule has 0 aliphatic carbocycles. The van der Waals surface area contributed by atoms with Gasteiger partial charge in [-0.3, -0.25) is 14.7 Å². The van der Waals surface area contributed by atoms with Gasteiger partial charge >= 0.3 is 0 Å². The molecule has 0 radical (unpaired) electrons. The van der Waals surface area contributed by atoms with E-state index in [9.17, 15) is 4.79 Å². The molecule has 1 unspecified atom stereocenters. The van der Waals surface area contributed by atoms with E-state index in [1.165, 1.54) is 0 Å². The molecule has 0 saturated carbocycles. The summed E-state index contributed by atoms with van der Waals surface area (Å²) in [6, 6.07) is 11.7. The summed E-state index contributed by atoms with van der Waals surface area (Å²) in [5.74, 6) is 1.62. The molecule has 7 nitrogen and oxygen atoms in total. The van der Waals surface area contributed by atoms with Crippen LogP contribution in [-0.4, -0.2) is 57.0 Å². The van der Waals surface area contributed by atoms with Gasteiger partial charge in [-0.1, -0.05) is 26.0 Å². The van der Waals surface area contributed by atoms with Gasteiger partial charge in [0.05, 0.1) is 12.3 Å². The first-order chi connectivity index (χ1) is 14.1. The van der Waals surface area contributed by atoms with Crippen molar-refractivity contribution in [3.8, 4) is 0 Å². The van der Waals surface area contributed by atoms with Crippen LogP contribution in [0.4, 0.5) is 0 Å². The van der Waals surface area contributed by atoms with Crippen molar-refractivity contribution in [2.75, 3.05) is 40.3 Å². The highest BCUT2D eigenvalue weighted by atomic mass is 127. The van der Waals surface area contributed by atoms with E-state index in [0.717, 1.165) is 36.8 Å². The fraction of sp³-hybridized carbons (Fsp3) is 0.455. The number of hydrogen-bond donors (Lipinski definition) is 3. The lowest BCUT2D eigenvalue weighted by molar-refractivity contribution is 0.0963. The number of likely N-dealkylation sites (N-methyl/N-ethyl adjacent to an activating group) is 1. The minimum atomic E-state index is -0.0716. The average Bonchev–Trinajstić information content (AvgIpc) is 3.29. The van der Waals surface area contributed by atoms with E-state index in [0.29, 0.717) is 18.7 Å². The molecule has 2 aromatic rings. The Balaban J connectivity index is 0.00000450. The third-order valence-corrected chi connectivity index (χ3v) is 4.93. The van der Waals surface area contributed by atoms with E-state index < -0.39 is 0 Å². The van der Waals surface area contributed by atoms with Crippen molar-refractivity contribution in [3.63, 3.8) is 0 Å². The number of aliphatic imine (C=N–C) groups is 1. The minimum absolute atomic E-state index is 0. The lowest BCUT2D eigenvalue weighted by atomic mass is 10.1. The number of amides is 1. The summed E-state index contributed by atoms with van der Waals surface area (Å²) in [4.78, 5) is 18.5. The monoisotopic (exact) mass is 527 g/mol. The molecule has 0 aliphatic rings. The highest BCUT2D eigenvalue weighted by Crippen LogP contribution is 2.20. The fourth-order valence-corrected chi connectivity index (χ4v) is 3.31. The number of guanidine groups is 1. The van der Waals surface area contributed by atoms with Crippen LogP contribution >= 0.6 is 24.0 Å². The second-order valence-electron chi connectivity index (χ2n) is 6.66. The number of hydrogen-bond acceptors (Lipinski definition) is 4. The molecule has 1 aromatic heterocycles. The normalized spacial score (nSPS) is 12.2. The molecule has 30 heavy (non-hydrogen) atoms. The minimum Gasteiger partial charge on any atom is -0.468 e. The molecule has 1 heterocycles. The molecular formula is C22H34IN5O2. The van der Waals surface area contributed by atoms with Crippen LogP contribution in [0.5, 0.6) is 0 Å². The quantitative estimate of drug-likeness (QED) is 0.252. The van der Waals surface area contributed by atoms with E-state index in [2.05, 4.69) is 39.7 Å². The Morgan fingerprint density at radius 3 is 2.53 bits per heavy atom. The van der Waals surface area contributed by atoms with Gasteiger partial charge in [0.25, 0.3) is 5.91 Å². The summed E-state index contributed by atoms with van der Waals surface area (Å²) in [5.41, 5.74) is 1.78. The lowest BCUT2D eigenvalue weighted by Crippen LogP contribution is -2.43. The van der Waals surface area contributed by atoms with Crippen LogP contribution in [0.3, 0.4) is 0 Å². The number of furan rings is 1. The number of carbonyl (C=O) groups excluding carboxylic acids is 1. The van der Waals surface area contributed by atoms with Crippen molar-refractivity contribution in [1.82, 2.24) is 20.9 Å². The Morgan fingerprint density at radius 2 is 1.93 bits per heavy atom. The van der Waals surface area contributed by atoms with Crippen LogP contribution in [0, 0.1) is 0 Å². The standard InChI is InChI=1S/C22H33N5O2.HI/c1-5-27(6-2)19(20-11-8-14-29-20)16-26-22(24-4)25-13-12-17-9-7-10-18(15-17)21(28)23-3;/h7-11,14-15,19H,5-6,12-13,16H2,1-4H3,(H,23,28)(H2,24,25,26);1H. The first kappa shape index (κ1) is 26.0. The highest BCUT2D eigenvalue weighted by Gasteiger charge is 2.20. The van der Waals surface area contributed by atoms with E-state index in [4.69, 9.17) is 4.42 Å². The Bertz CT molecular complexity index is 776. The molecule has 0 bridgehead atoms. The third-order valence-electron chi connectivity index (χ3n) is 4.93. The Morgan fingerprint density at radius 1 is 1.17 bits per heavy atom. The Kier molecular flexibility index (Phi) is 12.1. The summed E-state index contributed by atoms with van der Waals surface area (Å²) in [6.07, 6.45) is 2.51. The second-order valence-corrected chi connectivity index (χ2v) is 6.66. The molecule has 8 heteroatoms. The van der Waals surface area contributed by atoms with Gasteiger partial charge in [0, 0.05) is 32.7 Å². The molecule has 1 atom stereocenters. The molecule has 1 aromatic carbocycles. The van der Waals surface area contributed by atoms with Crippen molar-refractivity contribution in [3.05, 3.63) is 59.5 Å². The molecule has 3 N–H and O–H groups in total. The maximum atomic E-state index is 11.8. The molecule has 166 valence electrons. The molecule has 0 spiro atoms.